The molecule has 0 spiro atoms. The van der Waals surface area contributed by atoms with Crippen LogP contribution in [0.3, 0.4) is 0 Å². The SMILES string of the molecule is CCCCCCCCOc1ccc(-c2ccc(C(=O)Oc3ccccc3C(=O)OC(CCCCCOCC)C(F)(F)F)cc2)cc1. The van der Waals surface area contributed by atoms with E-state index in [1.807, 2.05) is 31.2 Å². The van der Waals surface area contributed by atoms with Gasteiger partial charge in [-0.3, -0.25) is 0 Å². The predicted octanol–water partition coefficient (Wildman–Crippen LogP) is 10.00. The van der Waals surface area contributed by atoms with Gasteiger partial charge in [0.25, 0.3) is 0 Å². The monoisotopic (exact) mass is 642 g/mol. The van der Waals surface area contributed by atoms with Gasteiger partial charge in [-0.05, 0) is 80.1 Å². The van der Waals surface area contributed by atoms with Crippen molar-refractivity contribution in [3.05, 3.63) is 83.9 Å². The van der Waals surface area contributed by atoms with E-state index in [1.165, 1.54) is 49.9 Å². The number of carbonyl (C=O) groups is 2. The van der Waals surface area contributed by atoms with Crippen molar-refractivity contribution in [3.8, 4) is 22.6 Å². The van der Waals surface area contributed by atoms with Crippen LogP contribution in [-0.4, -0.2) is 44.0 Å². The molecule has 0 aliphatic heterocycles. The zero-order chi connectivity index (χ0) is 33.2. The van der Waals surface area contributed by atoms with Crippen molar-refractivity contribution in [2.24, 2.45) is 0 Å². The standard InChI is InChI=1S/C37H45F3O6/c1-3-5-6-7-8-14-27-44-31-24-22-29(23-25-31)28-18-20-30(21-19-28)35(41)45-33-16-12-11-15-32(33)36(42)46-34(37(38,39)40)17-10-9-13-26-43-4-2/h11-12,15-16,18-25,34H,3-10,13-14,17,26-27H2,1-2H3. The smallest absolute Gasteiger partial charge is 0.425 e. The number of rotatable bonds is 20. The van der Waals surface area contributed by atoms with E-state index in [0.717, 1.165) is 29.7 Å². The highest BCUT2D eigenvalue weighted by Crippen LogP contribution is 2.30. The van der Waals surface area contributed by atoms with Gasteiger partial charge in [-0.2, -0.15) is 13.2 Å². The van der Waals surface area contributed by atoms with Crippen molar-refractivity contribution in [1.29, 1.82) is 0 Å². The Morgan fingerprint density at radius 3 is 1.98 bits per heavy atom. The Morgan fingerprint density at radius 1 is 0.696 bits per heavy atom. The molecule has 1 unspecified atom stereocenters. The number of ether oxygens (including phenoxy) is 4. The van der Waals surface area contributed by atoms with Gasteiger partial charge in [0.15, 0.2) is 6.10 Å². The average molecular weight is 643 g/mol. The Balaban J connectivity index is 1.56. The lowest BCUT2D eigenvalue weighted by Crippen LogP contribution is -2.34. The minimum Gasteiger partial charge on any atom is -0.494 e. The summed E-state index contributed by atoms with van der Waals surface area (Å²) >= 11 is 0. The van der Waals surface area contributed by atoms with Crippen LogP contribution in [0.15, 0.2) is 72.8 Å². The molecule has 3 rings (SSSR count). The van der Waals surface area contributed by atoms with Gasteiger partial charge < -0.3 is 18.9 Å². The van der Waals surface area contributed by atoms with Gasteiger partial charge in [0, 0.05) is 13.2 Å². The van der Waals surface area contributed by atoms with Crippen molar-refractivity contribution in [2.45, 2.75) is 90.3 Å². The van der Waals surface area contributed by atoms with Crippen LogP contribution in [0.5, 0.6) is 11.5 Å². The maximum absolute atomic E-state index is 13.6. The fraction of sp³-hybridized carbons (Fsp3) is 0.459. The molecule has 0 saturated heterocycles. The summed E-state index contributed by atoms with van der Waals surface area (Å²) in [6.07, 6.45) is 1.17. The van der Waals surface area contributed by atoms with Gasteiger partial charge in [-0.25, -0.2) is 9.59 Å². The first kappa shape index (κ1) is 36.6. The van der Waals surface area contributed by atoms with E-state index >= 15 is 0 Å². The lowest BCUT2D eigenvalue weighted by Gasteiger charge is -2.21. The molecule has 3 aromatic rings. The van der Waals surface area contributed by atoms with E-state index in [2.05, 4.69) is 6.92 Å². The Bertz CT molecular complexity index is 1320. The highest BCUT2D eigenvalue weighted by molar-refractivity contribution is 5.96. The summed E-state index contributed by atoms with van der Waals surface area (Å²) in [5, 5.41) is 0. The quantitative estimate of drug-likeness (QED) is 0.0694. The number of hydrogen-bond acceptors (Lipinski definition) is 6. The second-order valence-corrected chi connectivity index (χ2v) is 11.1. The number of hydrogen-bond donors (Lipinski definition) is 0. The number of unbranched alkanes of at least 4 members (excludes halogenated alkanes) is 7. The summed E-state index contributed by atoms with van der Waals surface area (Å²) in [6.45, 7) is 5.74. The topological polar surface area (TPSA) is 71.1 Å². The fourth-order valence-electron chi connectivity index (χ4n) is 4.83. The van der Waals surface area contributed by atoms with E-state index < -0.39 is 24.2 Å². The molecule has 250 valence electrons. The van der Waals surface area contributed by atoms with Crippen LogP contribution in [-0.2, 0) is 9.47 Å². The summed E-state index contributed by atoms with van der Waals surface area (Å²) < 4.78 is 62.3. The lowest BCUT2D eigenvalue weighted by atomic mass is 10.0. The molecule has 0 N–H and O–H groups in total. The largest absolute Gasteiger partial charge is 0.494 e. The first-order valence-electron chi connectivity index (χ1n) is 16.2. The molecule has 0 aromatic heterocycles. The van der Waals surface area contributed by atoms with Gasteiger partial charge in [0.2, 0.25) is 0 Å². The van der Waals surface area contributed by atoms with Crippen molar-refractivity contribution in [2.75, 3.05) is 19.8 Å². The lowest BCUT2D eigenvalue weighted by molar-refractivity contribution is -0.206. The van der Waals surface area contributed by atoms with Crippen LogP contribution in [0.4, 0.5) is 13.2 Å². The summed E-state index contributed by atoms with van der Waals surface area (Å²) in [4.78, 5) is 25.7. The number of benzene rings is 3. The molecule has 3 aromatic carbocycles. The molecule has 0 fully saturated rings. The molecule has 1 atom stereocenters. The molecule has 0 saturated carbocycles. The van der Waals surface area contributed by atoms with E-state index in [1.54, 1.807) is 24.3 Å². The van der Waals surface area contributed by atoms with Crippen LogP contribution < -0.4 is 9.47 Å². The second kappa shape index (κ2) is 19.6. The maximum atomic E-state index is 13.6. The average Bonchev–Trinajstić information content (AvgIpc) is 3.05. The number of halogens is 3. The van der Waals surface area contributed by atoms with Crippen LogP contribution in [0.1, 0.15) is 98.8 Å². The molecule has 0 amide bonds. The van der Waals surface area contributed by atoms with Crippen molar-refractivity contribution >= 4 is 11.9 Å². The van der Waals surface area contributed by atoms with E-state index in [9.17, 15) is 22.8 Å². The molecule has 0 heterocycles. The van der Waals surface area contributed by atoms with E-state index in [-0.39, 0.29) is 29.7 Å². The molecule has 9 heteroatoms. The van der Waals surface area contributed by atoms with Gasteiger partial charge >= 0.3 is 18.1 Å². The normalized spacial score (nSPS) is 12.0. The van der Waals surface area contributed by atoms with Crippen molar-refractivity contribution in [3.63, 3.8) is 0 Å². The van der Waals surface area contributed by atoms with Crippen molar-refractivity contribution in [1.82, 2.24) is 0 Å². The third kappa shape index (κ3) is 12.5. The number of alkyl halides is 3. The molecular formula is C37H45F3O6. The van der Waals surface area contributed by atoms with Crippen LogP contribution in [0, 0.1) is 0 Å². The third-order valence-electron chi connectivity index (χ3n) is 7.46. The maximum Gasteiger partial charge on any atom is 0.425 e. The highest BCUT2D eigenvalue weighted by Gasteiger charge is 2.42. The Kier molecular flexibility index (Phi) is 15.6. The number of esters is 2. The van der Waals surface area contributed by atoms with Crippen LogP contribution in [0.25, 0.3) is 11.1 Å². The van der Waals surface area contributed by atoms with Crippen LogP contribution in [0.2, 0.25) is 0 Å². The molecular weight excluding hydrogens is 597 g/mol. The first-order chi connectivity index (χ1) is 22.2. The predicted molar refractivity (Wildman–Crippen MR) is 172 cm³/mol. The third-order valence-corrected chi connectivity index (χ3v) is 7.46. The summed E-state index contributed by atoms with van der Waals surface area (Å²) in [5.41, 5.74) is 1.76. The molecule has 0 aliphatic rings. The summed E-state index contributed by atoms with van der Waals surface area (Å²) in [5.74, 6) is -1.36. The van der Waals surface area contributed by atoms with Gasteiger partial charge in [0.05, 0.1) is 12.2 Å². The van der Waals surface area contributed by atoms with Gasteiger partial charge in [0.1, 0.15) is 17.1 Å². The second-order valence-electron chi connectivity index (χ2n) is 11.1. The molecule has 6 nitrogen and oxygen atoms in total. The Labute approximate surface area is 270 Å². The van der Waals surface area contributed by atoms with Gasteiger partial charge in [-0.1, -0.05) is 81.8 Å². The fourth-order valence-corrected chi connectivity index (χ4v) is 4.83. The highest BCUT2D eigenvalue weighted by atomic mass is 19.4. The molecule has 46 heavy (non-hydrogen) atoms. The molecule has 0 radical (unpaired) electrons. The molecule has 0 aliphatic carbocycles. The minimum atomic E-state index is -4.73. The number of carbonyl (C=O) groups excluding carboxylic acids is 2. The summed E-state index contributed by atoms with van der Waals surface area (Å²) in [6, 6.07) is 20.0. The zero-order valence-corrected chi connectivity index (χ0v) is 26.8. The Morgan fingerprint density at radius 2 is 1.30 bits per heavy atom. The van der Waals surface area contributed by atoms with E-state index in [0.29, 0.717) is 32.7 Å². The first-order valence-corrected chi connectivity index (χ1v) is 16.2. The minimum absolute atomic E-state index is 0.184. The molecule has 0 bridgehead atoms. The zero-order valence-electron chi connectivity index (χ0n) is 26.8. The van der Waals surface area contributed by atoms with Gasteiger partial charge in [-0.15, -0.1) is 0 Å². The van der Waals surface area contributed by atoms with Crippen LogP contribution >= 0.6 is 0 Å². The van der Waals surface area contributed by atoms with Crippen molar-refractivity contribution < 1.29 is 41.7 Å². The number of para-hydroxylation sites is 1. The summed E-state index contributed by atoms with van der Waals surface area (Å²) in [7, 11) is 0. The van der Waals surface area contributed by atoms with E-state index in [4.69, 9.17) is 18.9 Å². The Hall–Kier alpha value is -3.85.